The van der Waals surface area contributed by atoms with E-state index in [4.69, 9.17) is 9.47 Å². The van der Waals surface area contributed by atoms with Crippen LogP contribution in [-0.2, 0) is 14.6 Å². The number of carbonyl (C=O) groups is 1. The second-order valence-corrected chi connectivity index (χ2v) is 9.42. The molecule has 1 aromatic rings. The van der Waals surface area contributed by atoms with Gasteiger partial charge in [-0.3, -0.25) is 4.79 Å². The predicted octanol–water partition coefficient (Wildman–Crippen LogP) is 2.87. The second-order valence-electron chi connectivity index (χ2n) is 6.59. The molecule has 0 radical (unpaired) electrons. The van der Waals surface area contributed by atoms with Crippen molar-refractivity contribution in [3.63, 3.8) is 0 Å². The number of amides is 1. The number of hydrogen-bond acceptors (Lipinski definition) is 5. The van der Waals surface area contributed by atoms with Gasteiger partial charge in [0, 0.05) is 0 Å². The van der Waals surface area contributed by atoms with Gasteiger partial charge >= 0.3 is 0 Å². The van der Waals surface area contributed by atoms with Crippen LogP contribution in [0.15, 0.2) is 18.2 Å². The van der Waals surface area contributed by atoms with Gasteiger partial charge < -0.3 is 14.8 Å². The van der Waals surface area contributed by atoms with E-state index < -0.39 is 26.2 Å². The number of ether oxygens (including phenoxy) is 2. The molecule has 0 aromatic heterocycles. The molecule has 0 aliphatic carbocycles. The molecule has 1 aromatic carbocycles. The molecule has 0 aliphatic heterocycles. The van der Waals surface area contributed by atoms with E-state index >= 15 is 0 Å². The molecule has 25 heavy (non-hydrogen) atoms. The Bertz CT molecular complexity index is 697. The molecule has 0 aliphatic rings. The molecular weight excluding hydrogens is 342 g/mol. The number of benzene rings is 1. The lowest BCUT2D eigenvalue weighted by Crippen LogP contribution is -2.41. The van der Waals surface area contributed by atoms with Crippen LogP contribution in [0.2, 0.25) is 0 Å². The van der Waals surface area contributed by atoms with Crippen LogP contribution in [0.1, 0.15) is 53.1 Å². The predicted molar refractivity (Wildman–Crippen MR) is 98.8 cm³/mol. The zero-order valence-electron chi connectivity index (χ0n) is 16.0. The lowest BCUT2D eigenvalue weighted by molar-refractivity contribution is -0.121. The maximum absolute atomic E-state index is 12.3. The lowest BCUT2D eigenvalue weighted by Gasteiger charge is -2.21. The quantitative estimate of drug-likeness (QED) is 0.760. The molecule has 0 unspecified atom stereocenters. The minimum absolute atomic E-state index is 0.0129. The van der Waals surface area contributed by atoms with Gasteiger partial charge in [0.1, 0.15) is 5.25 Å². The van der Waals surface area contributed by atoms with E-state index in [0.29, 0.717) is 11.5 Å². The maximum Gasteiger partial charge on any atom is 0.238 e. The highest BCUT2D eigenvalue weighted by molar-refractivity contribution is 7.93. The number of hydrogen-bond donors (Lipinski definition) is 1. The van der Waals surface area contributed by atoms with E-state index in [9.17, 15) is 13.2 Å². The van der Waals surface area contributed by atoms with E-state index in [1.165, 1.54) is 6.92 Å². The fourth-order valence-electron chi connectivity index (χ4n) is 2.28. The van der Waals surface area contributed by atoms with Gasteiger partial charge in [0.2, 0.25) is 5.91 Å². The van der Waals surface area contributed by atoms with Crippen molar-refractivity contribution in [2.45, 2.75) is 64.2 Å². The standard InChI is InChI=1S/C18H29NO5S/c1-11(2)24-16-9-8-15(10-17(16)23-7)13(5)19-18(20)14(6)25(21,22)12(3)4/h8-14H,1-7H3,(H,19,20)/t13-,14-/m1/s1. The molecule has 1 amide bonds. The number of carbonyl (C=O) groups excluding carboxylic acids is 1. The SMILES string of the molecule is COc1cc([C@@H](C)NC(=O)[C@@H](C)S(=O)(=O)C(C)C)ccc1OC(C)C. The summed E-state index contributed by atoms with van der Waals surface area (Å²) >= 11 is 0. The van der Waals surface area contributed by atoms with Gasteiger partial charge in [-0.25, -0.2) is 8.42 Å². The van der Waals surface area contributed by atoms with Crippen molar-refractivity contribution in [3.8, 4) is 11.5 Å². The maximum atomic E-state index is 12.3. The van der Waals surface area contributed by atoms with Crippen molar-refractivity contribution in [2.75, 3.05) is 7.11 Å². The Kier molecular flexibility index (Phi) is 7.29. The van der Waals surface area contributed by atoms with Gasteiger partial charge in [0.15, 0.2) is 21.3 Å². The van der Waals surface area contributed by atoms with Gasteiger partial charge in [-0.2, -0.15) is 0 Å². The van der Waals surface area contributed by atoms with Crippen LogP contribution in [0.4, 0.5) is 0 Å². The Morgan fingerprint density at radius 3 is 2.12 bits per heavy atom. The van der Waals surface area contributed by atoms with E-state index in [1.54, 1.807) is 40.0 Å². The van der Waals surface area contributed by atoms with Crippen molar-refractivity contribution >= 4 is 15.7 Å². The largest absolute Gasteiger partial charge is 0.493 e. The summed E-state index contributed by atoms with van der Waals surface area (Å²) in [5, 5.41) is 1.06. The molecule has 6 nitrogen and oxygen atoms in total. The summed E-state index contributed by atoms with van der Waals surface area (Å²) in [5.41, 5.74) is 0.801. The van der Waals surface area contributed by atoms with E-state index in [-0.39, 0.29) is 12.1 Å². The average Bonchev–Trinajstić information content (AvgIpc) is 2.53. The van der Waals surface area contributed by atoms with E-state index in [2.05, 4.69) is 5.32 Å². The van der Waals surface area contributed by atoms with Crippen LogP contribution in [0.25, 0.3) is 0 Å². The van der Waals surface area contributed by atoms with E-state index in [0.717, 1.165) is 5.56 Å². The zero-order chi connectivity index (χ0) is 19.4. The number of nitrogens with one attached hydrogen (secondary N) is 1. The van der Waals surface area contributed by atoms with Crippen LogP contribution >= 0.6 is 0 Å². The van der Waals surface area contributed by atoms with Crippen LogP contribution in [0, 0.1) is 0 Å². The summed E-state index contributed by atoms with van der Waals surface area (Å²) in [6.45, 7) is 10.2. The van der Waals surface area contributed by atoms with Crippen molar-refractivity contribution in [2.24, 2.45) is 0 Å². The molecule has 1 N–H and O–H groups in total. The summed E-state index contributed by atoms with van der Waals surface area (Å²) in [5.74, 6) is 0.674. The van der Waals surface area contributed by atoms with Crippen LogP contribution < -0.4 is 14.8 Å². The van der Waals surface area contributed by atoms with Gasteiger partial charge in [-0.1, -0.05) is 6.07 Å². The first kappa shape index (κ1) is 21.3. The molecule has 1 rings (SSSR count). The minimum Gasteiger partial charge on any atom is -0.493 e. The molecule has 2 atom stereocenters. The average molecular weight is 371 g/mol. The number of rotatable bonds is 8. The summed E-state index contributed by atoms with van der Waals surface area (Å²) < 4.78 is 35.3. The zero-order valence-corrected chi connectivity index (χ0v) is 16.8. The molecule has 0 saturated heterocycles. The van der Waals surface area contributed by atoms with E-state index in [1.807, 2.05) is 19.9 Å². The fraction of sp³-hybridized carbons (Fsp3) is 0.611. The summed E-state index contributed by atoms with van der Waals surface area (Å²) in [4.78, 5) is 12.3. The number of sulfone groups is 1. The molecule has 0 spiro atoms. The first-order valence-electron chi connectivity index (χ1n) is 8.38. The third-order valence-electron chi connectivity index (χ3n) is 3.93. The van der Waals surface area contributed by atoms with Gasteiger partial charge in [-0.15, -0.1) is 0 Å². The highest BCUT2D eigenvalue weighted by Gasteiger charge is 2.31. The van der Waals surface area contributed by atoms with Crippen LogP contribution in [-0.4, -0.2) is 38.0 Å². The fourth-order valence-corrected chi connectivity index (χ4v) is 3.46. The molecule has 0 bridgehead atoms. The molecule has 0 heterocycles. The Morgan fingerprint density at radius 1 is 1.04 bits per heavy atom. The topological polar surface area (TPSA) is 81.7 Å². The molecule has 0 fully saturated rings. The first-order chi connectivity index (χ1) is 11.5. The van der Waals surface area contributed by atoms with Crippen molar-refractivity contribution in [1.29, 1.82) is 0 Å². The highest BCUT2D eigenvalue weighted by atomic mass is 32.2. The Balaban J connectivity index is 2.94. The smallest absolute Gasteiger partial charge is 0.238 e. The summed E-state index contributed by atoms with van der Waals surface area (Å²) in [6.07, 6.45) is 0.0129. The van der Waals surface area contributed by atoms with Gasteiger partial charge in [0.05, 0.1) is 24.5 Å². The monoisotopic (exact) mass is 371 g/mol. The Labute approximate surface area is 150 Å². The summed E-state index contributed by atoms with van der Waals surface area (Å²) in [7, 11) is -1.95. The Hall–Kier alpha value is -1.76. The second kappa shape index (κ2) is 8.56. The normalized spacial score (nSPS) is 14.3. The van der Waals surface area contributed by atoms with Gasteiger partial charge in [0.25, 0.3) is 0 Å². The van der Waals surface area contributed by atoms with Crippen molar-refractivity contribution < 1.29 is 22.7 Å². The third kappa shape index (κ3) is 5.36. The Morgan fingerprint density at radius 2 is 1.64 bits per heavy atom. The number of methoxy groups -OCH3 is 1. The van der Waals surface area contributed by atoms with Crippen molar-refractivity contribution in [3.05, 3.63) is 23.8 Å². The molecule has 142 valence electrons. The van der Waals surface area contributed by atoms with Gasteiger partial charge in [-0.05, 0) is 59.2 Å². The highest BCUT2D eigenvalue weighted by Crippen LogP contribution is 2.31. The molecule has 7 heteroatoms. The van der Waals surface area contributed by atoms with Crippen molar-refractivity contribution in [1.82, 2.24) is 5.32 Å². The van der Waals surface area contributed by atoms with Crippen LogP contribution in [0.5, 0.6) is 11.5 Å². The van der Waals surface area contributed by atoms with Crippen LogP contribution in [0.3, 0.4) is 0 Å². The third-order valence-corrected chi connectivity index (χ3v) is 6.44. The molecular formula is C18H29NO5S. The minimum atomic E-state index is -3.49. The summed E-state index contributed by atoms with van der Waals surface area (Å²) in [6, 6.07) is 5.03. The lowest BCUT2D eigenvalue weighted by atomic mass is 10.1. The first-order valence-corrected chi connectivity index (χ1v) is 9.99. The molecule has 0 saturated carbocycles.